The number of non-ortho nitro benzene ring substituents is 1. The van der Waals surface area contributed by atoms with Crippen molar-refractivity contribution in [1.82, 2.24) is 4.98 Å². The van der Waals surface area contributed by atoms with Crippen LogP contribution in [0.3, 0.4) is 0 Å². The first-order valence-corrected chi connectivity index (χ1v) is 8.47. The van der Waals surface area contributed by atoms with E-state index in [1.54, 1.807) is 12.1 Å². The van der Waals surface area contributed by atoms with Gasteiger partial charge in [0.2, 0.25) is 5.91 Å². The smallest absolute Gasteiger partial charge is 0.274 e. The van der Waals surface area contributed by atoms with E-state index in [2.05, 4.69) is 15.6 Å². The molecule has 0 saturated heterocycles. The van der Waals surface area contributed by atoms with Gasteiger partial charge in [0.05, 0.1) is 22.7 Å². The number of hydrogen-bond acceptors (Lipinski definition) is 5. The number of hydrogen-bond donors (Lipinski definition) is 2. The van der Waals surface area contributed by atoms with Crippen molar-refractivity contribution in [2.45, 2.75) is 6.42 Å². The lowest BCUT2D eigenvalue weighted by atomic mass is 10.1. The van der Waals surface area contributed by atoms with Crippen LogP contribution in [0, 0.1) is 15.9 Å². The van der Waals surface area contributed by atoms with Crippen molar-refractivity contribution in [2.75, 3.05) is 10.6 Å². The zero-order valence-electron chi connectivity index (χ0n) is 15.0. The van der Waals surface area contributed by atoms with E-state index in [4.69, 9.17) is 0 Å². The third kappa shape index (κ3) is 5.19. The normalized spacial score (nSPS) is 10.2. The van der Waals surface area contributed by atoms with Gasteiger partial charge in [-0.25, -0.2) is 4.39 Å². The average Bonchev–Trinajstić information content (AvgIpc) is 2.71. The van der Waals surface area contributed by atoms with Crippen LogP contribution < -0.4 is 10.6 Å². The predicted molar refractivity (Wildman–Crippen MR) is 104 cm³/mol. The lowest BCUT2D eigenvalue weighted by Gasteiger charge is -2.12. The van der Waals surface area contributed by atoms with Crippen molar-refractivity contribution in [1.29, 1.82) is 0 Å². The second-order valence-electron chi connectivity index (χ2n) is 6.01. The number of halogens is 1. The Morgan fingerprint density at radius 3 is 2.41 bits per heavy atom. The molecule has 2 aromatic carbocycles. The minimum absolute atomic E-state index is 0.0812. The number of nitrogens with zero attached hydrogens (tertiary/aromatic N) is 2. The molecule has 146 valence electrons. The van der Waals surface area contributed by atoms with Crippen LogP contribution in [0.15, 0.2) is 66.9 Å². The lowest BCUT2D eigenvalue weighted by Crippen LogP contribution is -2.18. The molecule has 1 aromatic heterocycles. The van der Waals surface area contributed by atoms with Gasteiger partial charge in [-0.1, -0.05) is 18.2 Å². The van der Waals surface area contributed by atoms with E-state index in [1.807, 2.05) is 0 Å². The molecular weight excluding hydrogens is 379 g/mol. The molecule has 0 spiro atoms. The molecule has 9 heteroatoms. The Morgan fingerprint density at radius 1 is 1.00 bits per heavy atom. The molecule has 0 radical (unpaired) electrons. The van der Waals surface area contributed by atoms with Crippen LogP contribution in [-0.2, 0) is 11.2 Å². The molecule has 0 unspecified atom stereocenters. The highest BCUT2D eigenvalue weighted by molar-refractivity contribution is 6.06. The van der Waals surface area contributed by atoms with Crippen LogP contribution >= 0.6 is 0 Å². The molecule has 3 aromatic rings. The first-order valence-electron chi connectivity index (χ1n) is 8.47. The Morgan fingerprint density at radius 2 is 1.76 bits per heavy atom. The standard InChI is InChI=1S/C20H15FN4O4/c21-14-6-9-16(24-20(27)17-3-1-2-10-22-17)18(12-14)23-19(26)11-13-4-7-15(8-5-13)25(28)29/h1-10,12H,11H2,(H,23,26)(H,24,27). The molecule has 0 aliphatic heterocycles. The number of carbonyl (C=O) groups is 2. The average molecular weight is 394 g/mol. The van der Waals surface area contributed by atoms with Crippen molar-refractivity contribution in [2.24, 2.45) is 0 Å². The minimum atomic E-state index is -0.591. The molecule has 1 heterocycles. The zero-order chi connectivity index (χ0) is 20.8. The summed E-state index contributed by atoms with van der Waals surface area (Å²) in [5.41, 5.74) is 0.919. The van der Waals surface area contributed by atoms with E-state index >= 15 is 0 Å². The quantitative estimate of drug-likeness (QED) is 0.490. The molecule has 2 N–H and O–H groups in total. The highest BCUT2D eigenvalue weighted by Gasteiger charge is 2.14. The lowest BCUT2D eigenvalue weighted by molar-refractivity contribution is -0.384. The Balaban J connectivity index is 1.72. The summed E-state index contributed by atoms with van der Waals surface area (Å²) in [6.07, 6.45) is 1.38. The number of aromatic nitrogens is 1. The fourth-order valence-corrected chi connectivity index (χ4v) is 2.53. The molecule has 29 heavy (non-hydrogen) atoms. The summed E-state index contributed by atoms with van der Waals surface area (Å²) in [4.78, 5) is 38.7. The maximum atomic E-state index is 13.7. The van der Waals surface area contributed by atoms with Gasteiger partial charge < -0.3 is 10.6 Å². The summed E-state index contributed by atoms with van der Waals surface area (Å²) in [6, 6.07) is 13.9. The van der Waals surface area contributed by atoms with E-state index in [9.17, 15) is 24.1 Å². The van der Waals surface area contributed by atoms with E-state index < -0.39 is 22.6 Å². The van der Waals surface area contributed by atoms with Crippen molar-refractivity contribution in [3.05, 3.63) is 94.0 Å². The minimum Gasteiger partial charge on any atom is -0.324 e. The van der Waals surface area contributed by atoms with Gasteiger partial charge in [0.1, 0.15) is 11.5 Å². The van der Waals surface area contributed by atoms with Gasteiger partial charge in [0.15, 0.2) is 0 Å². The van der Waals surface area contributed by atoms with Crippen molar-refractivity contribution < 1.29 is 18.9 Å². The van der Waals surface area contributed by atoms with Crippen LogP contribution in [0.25, 0.3) is 0 Å². The second-order valence-corrected chi connectivity index (χ2v) is 6.01. The topological polar surface area (TPSA) is 114 Å². The van der Waals surface area contributed by atoms with E-state index in [0.717, 1.165) is 12.1 Å². The summed E-state index contributed by atoms with van der Waals surface area (Å²) < 4.78 is 13.7. The Labute approximate surface area is 164 Å². The third-order valence-electron chi connectivity index (χ3n) is 3.91. The first kappa shape index (κ1) is 19.6. The van der Waals surface area contributed by atoms with E-state index in [0.29, 0.717) is 5.56 Å². The van der Waals surface area contributed by atoms with Crippen molar-refractivity contribution in [3.8, 4) is 0 Å². The molecule has 8 nitrogen and oxygen atoms in total. The van der Waals surface area contributed by atoms with Gasteiger partial charge >= 0.3 is 0 Å². The molecule has 0 aliphatic carbocycles. The number of nitro benzene ring substituents is 1. The zero-order valence-corrected chi connectivity index (χ0v) is 15.0. The van der Waals surface area contributed by atoms with Crippen LogP contribution in [0.5, 0.6) is 0 Å². The molecule has 0 bridgehead atoms. The number of benzene rings is 2. The highest BCUT2D eigenvalue weighted by atomic mass is 19.1. The number of rotatable bonds is 6. The summed E-state index contributed by atoms with van der Waals surface area (Å²) in [6.45, 7) is 0. The Kier molecular flexibility index (Phi) is 5.88. The largest absolute Gasteiger partial charge is 0.324 e. The molecule has 2 amide bonds. The van der Waals surface area contributed by atoms with Gasteiger partial charge in [-0.15, -0.1) is 0 Å². The van der Waals surface area contributed by atoms with Crippen molar-refractivity contribution >= 4 is 28.9 Å². The van der Waals surface area contributed by atoms with Crippen LogP contribution in [0.1, 0.15) is 16.1 Å². The summed E-state index contributed by atoms with van der Waals surface area (Å²) in [7, 11) is 0. The van der Waals surface area contributed by atoms with E-state index in [1.165, 1.54) is 42.6 Å². The maximum Gasteiger partial charge on any atom is 0.274 e. The molecule has 0 saturated carbocycles. The Hall–Kier alpha value is -4.14. The van der Waals surface area contributed by atoms with Crippen molar-refractivity contribution in [3.63, 3.8) is 0 Å². The number of pyridine rings is 1. The van der Waals surface area contributed by atoms with Crippen LogP contribution in [-0.4, -0.2) is 21.7 Å². The number of anilines is 2. The fraction of sp³-hybridized carbons (Fsp3) is 0.0500. The molecule has 0 aliphatic rings. The molecule has 0 fully saturated rings. The molecule has 3 rings (SSSR count). The second kappa shape index (κ2) is 8.70. The Bertz CT molecular complexity index is 1060. The fourth-order valence-electron chi connectivity index (χ4n) is 2.53. The van der Waals surface area contributed by atoms with Gasteiger partial charge in [-0.2, -0.15) is 0 Å². The summed E-state index contributed by atoms with van der Waals surface area (Å²) in [5.74, 6) is -1.58. The van der Waals surface area contributed by atoms with E-state index in [-0.39, 0.29) is 29.2 Å². The van der Waals surface area contributed by atoms with Gasteiger partial charge in [-0.3, -0.25) is 24.7 Å². The number of carbonyl (C=O) groups excluding carboxylic acids is 2. The number of amides is 2. The van der Waals surface area contributed by atoms with Gasteiger partial charge in [-0.05, 0) is 35.9 Å². The van der Waals surface area contributed by atoms with Gasteiger partial charge in [0, 0.05) is 18.3 Å². The predicted octanol–water partition coefficient (Wildman–Crippen LogP) is 3.56. The first-order chi connectivity index (χ1) is 13.9. The maximum absolute atomic E-state index is 13.7. The number of nitro groups is 1. The molecular formula is C20H15FN4O4. The summed E-state index contributed by atoms with van der Waals surface area (Å²) >= 11 is 0. The van der Waals surface area contributed by atoms with Crippen LogP contribution in [0.4, 0.5) is 21.5 Å². The SMILES string of the molecule is O=C(Cc1ccc([N+](=O)[O-])cc1)Nc1cc(F)ccc1NC(=O)c1ccccn1. The third-order valence-corrected chi connectivity index (χ3v) is 3.91. The number of nitrogens with one attached hydrogen (secondary N) is 2. The monoisotopic (exact) mass is 394 g/mol. The molecule has 0 atom stereocenters. The summed E-state index contributed by atoms with van der Waals surface area (Å²) in [5, 5.41) is 15.8. The van der Waals surface area contributed by atoms with Gasteiger partial charge in [0.25, 0.3) is 11.6 Å². The van der Waals surface area contributed by atoms with Crippen LogP contribution in [0.2, 0.25) is 0 Å². The highest BCUT2D eigenvalue weighted by Crippen LogP contribution is 2.24.